The molecule has 0 aliphatic carbocycles. The number of hydrogen-bond donors (Lipinski definition) is 1. The van der Waals surface area contributed by atoms with Gasteiger partial charge < -0.3 is 5.11 Å². The van der Waals surface area contributed by atoms with Crippen molar-refractivity contribution in [1.82, 2.24) is 9.80 Å². The first-order valence-electron chi connectivity index (χ1n) is 6.86. The lowest BCUT2D eigenvalue weighted by molar-refractivity contribution is -0.141. The largest absolute Gasteiger partial charge is 0.481 e. The lowest BCUT2D eigenvalue weighted by Gasteiger charge is -2.35. The zero-order valence-electron chi connectivity index (χ0n) is 11.5. The summed E-state index contributed by atoms with van der Waals surface area (Å²) >= 11 is 0. The molecule has 1 saturated heterocycles. The molecule has 1 atom stereocenters. The number of piperazine rings is 1. The fraction of sp³-hybridized carbons (Fsp3) is 0.533. The molecule has 1 N–H and O–H groups in total. The molecule has 0 saturated carbocycles. The maximum absolute atomic E-state index is 10.8. The molecule has 4 nitrogen and oxygen atoms in total. The molecule has 0 spiro atoms. The summed E-state index contributed by atoms with van der Waals surface area (Å²) in [7, 11) is 0. The van der Waals surface area contributed by atoms with E-state index in [-0.39, 0.29) is 5.92 Å². The Hall–Kier alpha value is -1.39. The summed E-state index contributed by atoms with van der Waals surface area (Å²) in [5.74, 6) is -0.979. The first-order valence-corrected chi connectivity index (χ1v) is 6.86. The van der Waals surface area contributed by atoms with Crippen molar-refractivity contribution in [3.05, 3.63) is 35.9 Å². The van der Waals surface area contributed by atoms with Gasteiger partial charge in [-0.3, -0.25) is 14.6 Å². The molecule has 1 heterocycles. The van der Waals surface area contributed by atoms with Gasteiger partial charge in [0.15, 0.2) is 0 Å². The number of hydrogen-bond acceptors (Lipinski definition) is 3. The minimum absolute atomic E-state index is 0.277. The highest BCUT2D eigenvalue weighted by Crippen LogP contribution is 2.10. The van der Waals surface area contributed by atoms with E-state index in [1.165, 1.54) is 5.56 Å². The van der Waals surface area contributed by atoms with E-state index in [9.17, 15) is 4.79 Å². The molecule has 104 valence electrons. The van der Waals surface area contributed by atoms with Gasteiger partial charge in [0, 0.05) is 39.3 Å². The van der Waals surface area contributed by atoms with Crippen molar-refractivity contribution >= 4 is 5.97 Å². The van der Waals surface area contributed by atoms with E-state index in [2.05, 4.69) is 34.1 Å². The molecule has 0 amide bonds. The Morgan fingerprint density at radius 3 is 2.32 bits per heavy atom. The Balaban J connectivity index is 1.75. The van der Waals surface area contributed by atoms with Gasteiger partial charge in [-0.1, -0.05) is 37.3 Å². The molecular weight excluding hydrogens is 240 g/mol. The van der Waals surface area contributed by atoms with Crippen LogP contribution in [0, 0.1) is 5.92 Å². The van der Waals surface area contributed by atoms with Crippen molar-refractivity contribution in [1.29, 1.82) is 0 Å². The lowest BCUT2D eigenvalue weighted by Crippen LogP contribution is -2.47. The van der Waals surface area contributed by atoms with Crippen LogP contribution in [0.5, 0.6) is 0 Å². The maximum atomic E-state index is 10.8. The molecule has 1 aliphatic rings. The second-order valence-electron chi connectivity index (χ2n) is 5.30. The van der Waals surface area contributed by atoms with Crippen LogP contribution in [0.3, 0.4) is 0 Å². The van der Waals surface area contributed by atoms with Gasteiger partial charge in [0.2, 0.25) is 0 Å². The van der Waals surface area contributed by atoms with Crippen molar-refractivity contribution in [2.75, 3.05) is 32.7 Å². The molecule has 4 heteroatoms. The van der Waals surface area contributed by atoms with Crippen LogP contribution in [0.15, 0.2) is 30.3 Å². The Kier molecular flexibility index (Phi) is 4.93. The molecule has 1 aromatic rings. The van der Waals surface area contributed by atoms with Crippen molar-refractivity contribution in [3.8, 4) is 0 Å². The van der Waals surface area contributed by atoms with Crippen LogP contribution in [0.4, 0.5) is 0 Å². The van der Waals surface area contributed by atoms with E-state index in [0.29, 0.717) is 6.54 Å². The van der Waals surface area contributed by atoms with E-state index >= 15 is 0 Å². The van der Waals surface area contributed by atoms with E-state index < -0.39 is 5.97 Å². The Bertz CT molecular complexity index is 400. The maximum Gasteiger partial charge on any atom is 0.307 e. The molecule has 0 bridgehead atoms. The van der Waals surface area contributed by atoms with Gasteiger partial charge in [0.25, 0.3) is 0 Å². The molecular formula is C15H22N2O2. The molecule has 1 unspecified atom stereocenters. The Labute approximate surface area is 114 Å². The third-order valence-corrected chi connectivity index (χ3v) is 3.67. The van der Waals surface area contributed by atoms with Gasteiger partial charge in [-0.05, 0) is 5.56 Å². The van der Waals surface area contributed by atoms with Gasteiger partial charge in [-0.25, -0.2) is 0 Å². The minimum Gasteiger partial charge on any atom is -0.481 e. The average Bonchev–Trinajstić information content (AvgIpc) is 2.42. The normalized spacial score (nSPS) is 19.2. The van der Waals surface area contributed by atoms with Crippen molar-refractivity contribution in [3.63, 3.8) is 0 Å². The van der Waals surface area contributed by atoms with Crippen LogP contribution in [0.25, 0.3) is 0 Å². The summed E-state index contributed by atoms with van der Waals surface area (Å²) in [5.41, 5.74) is 1.34. The number of benzene rings is 1. The van der Waals surface area contributed by atoms with Crippen LogP contribution in [-0.4, -0.2) is 53.6 Å². The predicted octanol–water partition coefficient (Wildman–Crippen LogP) is 1.52. The summed E-state index contributed by atoms with van der Waals surface area (Å²) in [6.07, 6.45) is 0. The van der Waals surface area contributed by atoms with Gasteiger partial charge in [-0.2, -0.15) is 0 Å². The highest BCUT2D eigenvalue weighted by Gasteiger charge is 2.20. The first-order chi connectivity index (χ1) is 9.15. The topological polar surface area (TPSA) is 43.8 Å². The van der Waals surface area contributed by atoms with E-state index in [1.807, 2.05) is 6.07 Å². The number of carboxylic acid groups (broad SMARTS) is 1. The Morgan fingerprint density at radius 1 is 1.16 bits per heavy atom. The lowest BCUT2D eigenvalue weighted by atomic mass is 10.1. The number of nitrogens with zero attached hydrogens (tertiary/aromatic N) is 2. The third kappa shape index (κ3) is 4.33. The highest BCUT2D eigenvalue weighted by molar-refractivity contribution is 5.69. The second kappa shape index (κ2) is 6.68. The van der Waals surface area contributed by atoms with Crippen LogP contribution in [-0.2, 0) is 11.3 Å². The van der Waals surface area contributed by atoms with E-state index in [4.69, 9.17) is 5.11 Å². The number of carboxylic acids is 1. The van der Waals surface area contributed by atoms with Crippen LogP contribution >= 0.6 is 0 Å². The molecule has 1 aliphatic heterocycles. The molecule has 1 aromatic carbocycles. The Morgan fingerprint density at radius 2 is 1.74 bits per heavy atom. The zero-order valence-corrected chi connectivity index (χ0v) is 11.5. The van der Waals surface area contributed by atoms with Gasteiger partial charge in [0.05, 0.1) is 5.92 Å². The van der Waals surface area contributed by atoms with Gasteiger partial charge in [-0.15, -0.1) is 0 Å². The fourth-order valence-electron chi connectivity index (χ4n) is 2.44. The van der Waals surface area contributed by atoms with Crippen molar-refractivity contribution < 1.29 is 9.90 Å². The van der Waals surface area contributed by atoms with E-state index in [1.54, 1.807) is 6.92 Å². The van der Waals surface area contributed by atoms with Gasteiger partial charge in [0.1, 0.15) is 0 Å². The quantitative estimate of drug-likeness (QED) is 0.874. The van der Waals surface area contributed by atoms with Crippen LogP contribution in [0.2, 0.25) is 0 Å². The summed E-state index contributed by atoms with van der Waals surface area (Å²) in [5, 5.41) is 8.92. The second-order valence-corrected chi connectivity index (χ2v) is 5.30. The highest BCUT2D eigenvalue weighted by atomic mass is 16.4. The molecule has 2 rings (SSSR count). The van der Waals surface area contributed by atoms with Gasteiger partial charge >= 0.3 is 5.97 Å². The van der Waals surface area contributed by atoms with Crippen LogP contribution in [0.1, 0.15) is 12.5 Å². The van der Waals surface area contributed by atoms with Crippen LogP contribution < -0.4 is 0 Å². The number of aliphatic carboxylic acids is 1. The standard InChI is InChI=1S/C15H22N2O2/c1-13(15(18)19)11-16-7-9-17(10-8-16)12-14-5-3-2-4-6-14/h2-6,13H,7-12H2,1H3,(H,18,19). The van der Waals surface area contributed by atoms with Crippen molar-refractivity contribution in [2.45, 2.75) is 13.5 Å². The van der Waals surface area contributed by atoms with E-state index in [0.717, 1.165) is 32.7 Å². The molecule has 0 radical (unpaired) electrons. The smallest absolute Gasteiger partial charge is 0.307 e. The summed E-state index contributed by atoms with van der Waals surface area (Å²) in [6, 6.07) is 10.5. The zero-order chi connectivity index (χ0) is 13.7. The minimum atomic E-state index is -0.702. The number of rotatable bonds is 5. The number of carbonyl (C=O) groups is 1. The third-order valence-electron chi connectivity index (χ3n) is 3.67. The monoisotopic (exact) mass is 262 g/mol. The van der Waals surface area contributed by atoms with Crippen molar-refractivity contribution in [2.24, 2.45) is 5.92 Å². The summed E-state index contributed by atoms with van der Waals surface area (Å²) < 4.78 is 0. The molecule has 0 aromatic heterocycles. The molecule has 19 heavy (non-hydrogen) atoms. The fourth-order valence-corrected chi connectivity index (χ4v) is 2.44. The molecule has 1 fully saturated rings. The summed E-state index contributed by atoms with van der Waals surface area (Å²) in [6.45, 7) is 7.38. The first kappa shape index (κ1) is 14.0. The predicted molar refractivity (Wildman–Crippen MR) is 75.0 cm³/mol. The average molecular weight is 262 g/mol. The SMILES string of the molecule is CC(CN1CCN(Cc2ccccc2)CC1)C(=O)O. The summed E-state index contributed by atoms with van der Waals surface area (Å²) in [4.78, 5) is 15.5.